The van der Waals surface area contributed by atoms with Gasteiger partial charge in [0.1, 0.15) is 11.2 Å². The number of rotatable bonds is 0. The van der Waals surface area contributed by atoms with Crippen LogP contribution in [0.3, 0.4) is 0 Å². The normalized spacial score (nSPS) is 12.5. The molecule has 10 N–H and O–H groups in total. The predicted molar refractivity (Wildman–Crippen MR) is 506 cm³/mol. The van der Waals surface area contributed by atoms with Gasteiger partial charge in [0.2, 0.25) is 0 Å². The minimum absolute atomic E-state index is 0.122. The van der Waals surface area contributed by atoms with Crippen molar-refractivity contribution in [2.24, 2.45) is 0 Å². The quantitative estimate of drug-likeness (QED) is 0.0413. The average molecular weight is 1660 g/mol. The molecule has 0 aliphatic heterocycles. The van der Waals surface area contributed by atoms with E-state index in [-0.39, 0.29) is 32.5 Å². The summed E-state index contributed by atoms with van der Waals surface area (Å²) in [4.78, 5) is 30.5. The molecular formula is C108H103N9O6S. The highest BCUT2D eigenvalue weighted by atomic mass is 32.3. The van der Waals surface area contributed by atoms with Crippen molar-refractivity contribution in [3.8, 4) is 77.1 Å². The van der Waals surface area contributed by atoms with E-state index < -0.39 is 21.6 Å². The largest absolute Gasteiger partial charge is 0.759 e. The van der Waals surface area contributed by atoms with Crippen LogP contribution in [-0.4, -0.2) is 68.8 Å². The molecule has 8 aromatic heterocycles. The van der Waals surface area contributed by atoms with Crippen molar-refractivity contribution in [3.05, 3.63) is 235 Å². The number of aromatic amines is 8. The Morgan fingerprint density at radius 1 is 0.274 bits per heavy atom. The molecule has 8 heterocycles. The fourth-order valence-electron chi connectivity index (χ4n) is 16.0. The number of hydrogen-bond acceptors (Lipinski definition) is 7. The lowest BCUT2D eigenvalue weighted by molar-refractivity contribution is -0.386. The second kappa shape index (κ2) is 30.6. The van der Waals surface area contributed by atoms with E-state index in [0.717, 1.165) is 187 Å². The standard InChI is InChI=1S/C106H98N8O2.C2H3N.H2O4S/c1-99(2,3)65-47-59(29-33-71-25-23-27-73(107-71)35-31-61-49-67(101(7,8)9)55-83-77-39-41-79-85-57-69(103(13,14)15)51-63(43-45-105(19,20)115)91(85)113-97(79)95(77)111-89(61)83)87-81(53-65)75-37-38-76-82-54-66(100(4,5)6)48-60(88(82)110-94(76)93(75)109-87)30-34-72-26-24-28-74(108-72)36-32-62-50-68(102(10,11)12)56-84-78-40-42-80-86-58-70(104(16,17)18)52-64(44-46-106(21,22)116)92(86)114-98(80)96(78)112-90(62)84;1-2-3;1-5(2,3)4/h23-28,37-42,47-58,109-116H,1-22H3;1H3;(H2,1,2,3,4). The molecule has 0 saturated heterocycles. The van der Waals surface area contributed by atoms with E-state index in [1.807, 2.05) is 36.4 Å². The smallest absolute Gasteiger partial charge is 0.256 e. The third kappa shape index (κ3) is 17.3. The maximum atomic E-state index is 10.7. The molecule has 0 unspecified atom stereocenters. The Morgan fingerprint density at radius 3 is 0.589 bits per heavy atom. The zero-order chi connectivity index (χ0) is 89.4. The summed E-state index contributed by atoms with van der Waals surface area (Å²) < 4.78 is 34.1. The van der Waals surface area contributed by atoms with Crippen LogP contribution in [0.4, 0.5) is 0 Å². The average Bonchev–Trinajstić information content (AvgIpc) is 1.57. The molecule has 0 amide bonds. The van der Waals surface area contributed by atoms with E-state index in [2.05, 4.69) is 345 Å². The summed E-state index contributed by atoms with van der Waals surface area (Å²) in [5.74, 6) is 41.6. The van der Waals surface area contributed by atoms with Crippen LogP contribution in [0.5, 0.6) is 0 Å². The molecular weight excluding hydrogens is 1550 g/mol. The molecule has 17 rings (SSSR count). The number of nitrogens with one attached hydrogen (secondary N) is 8. The lowest BCUT2D eigenvalue weighted by Crippen LogP contribution is -2.14. The van der Waals surface area contributed by atoms with Crippen LogP contribution in [0.25, 0.3) is 131 Å². The molecule has 17 aromatic rings. The van der Waals surface area contributed by atoms with Crippen molar-refractivity contribution >= 4 is 141 Å². The Bertz CT molecular complexity index is 7530. The SMILES string of the molecule is CC#N.CC(C)(O)C#Cc1cc(C(C)(C)C)cc2c1[nH]c1c2ccc2c3cc(C(C)(C)C)cc(C#Cc4cccc(C#Cc5cc(C(C)(C)C)cc6c5[nH]c5c6ccc6c7cc(C(C)(C)C)cc(C#Cc8cccc(C#Cc9cc(C(C)(C)C)cc%10c9[nH]c9c%10ccc%10c%11cc(C(C)(C)C)cc(C#CC(C)(C)O)c%11[nH]c%109)[nH+]8)c7[nH]c65)[nH+]4)c3[nH]c21.O=S(=O)([O-])[O-]. The molecule has 16 heteroatoms. The first kappa shape index (κ1) is 85.7. The highest BCUT2D eigenvalue weighted by Crippen LogP contribution is 2.45. The van der Waals surface area contributed by atoms with Gasteiger partial charge in [0, 0.05) is 163 Å². The van der Waals surface area contributed by atoms with Crippen molar-refractivity contribution in [2.75, 3.05) is 0 Å². The summed E-state index contributed by atoms with van der Waals surface area (Å²) in [6, 6.07) is 54.4. The third-order valence-corrected chi connectivity index (χ3v) is 22.8. The monoisotopic (exact) mass is 1650 g/mol. The minimum Gasteiger partial charge on any atom is -0.759 e. The van der Waals surface area contributed by atoms with Crippen molar-refractivity contribution < 1.29 is 37.7 Å². The molecule has 0 saturated carbocycles. The highest BCUT2D eigenvalue weighted by Gasteiger charge is 2.28. The molecule has 15 nitrogen and oxygen atoms in total. The Labute approximate surface area is 724 Å². The lowest BCUT2D eigenvalue weighted by atomic mass is 9.85. The Kier molecular flexibility index (Phi) is 21.2. The number of hydrogen-bond donors (Lipinski definition) is 8. The Hall–Kier alpha value is -13.3. The van der Waals surface area contributed by atoms with Crippen LogP contribution in [0.1, 0.15) is 249 Å². The number of benzene rings is 9. The first-order valence-corrected chi connectivity index (χ1v) is 43.1. The summed E-state index contributed by atoms with van der Waals surface area (Å²) in [5, 5.41) is 42.0. The molecule has 0 bridgehead atoms. The third-order valence-electron chi connectivity index (χ3n) is 22.8. The zero-order valence-corrected chi connectivity index (χ0v) is 75.6. The molecule has 622 valence electrons. The van der Waals surface area contributed by atoms with E-state index in [4.69, 9.17) is 22.8 Å². The second-order valence-electron chi connectivity index (χ2n) is 39.9. The van der Waals surface area contributed by atoms with Crippen LogP contribution in [0.2, 0.25) is 0 Å². The van der Waals surface area contributed by atoms with E-state index in [1.165, 1.54) is 40.3 Å². The van der Waals surface area contributed by atoms with Gasteiger partial charge < -0.3 is 49.2 Å². The lowest BCUT2D eigenvalue weighted by Gasteiger charge is -2.20. The van der Waals surface area contributed by atoms with E-state index in [1.54, 1.807) is 33.8 Å². The van der Waals surface area contributed by atoms with Crippen molar-refractivity contribution in [1.29, 1.82) is 5.26 Å². The molecule has 0 radical (unpaired) electrons. The van der Waals surface area contributed by atoms with Gasteiger partial charge in [-0.2, -0.15) is 15.2 Å². The number of nitrogens with zero attached hydrogens (tertiary/aromatic N) is 1. The van der Waals surface area contributed by atoms with Gasteiger partial charge in [0.05, 0.1) is 72.3 Å². The summed E-state index contributed by atoms with van der Waals surface area (Å²) in [6.07, 6.45) is 0. The van der Waals surface area contributed by atoms with Gasteiger partial charge in [-0.05, 0) is 178 Å². The number of H-pyrrole nitrogens is 8. The van der Waals surface area contributed by atoms with Gasteiger partial charge in [-0.1, -0.05) is 208 Å². The number of pyridine rings is 2. The Balaban J connectivity index is 0.00000143. The van der Waals surface area contributed by atoms with Crippen LogP contribution in [0.15, 0.2) is 146 Å². The minimum atomic E-state index is -5.17. The molecule has 0 aliphatic rings. The van der Waals surface area contributed by atoms with Crippen molar-refractivity contribution in [2.45, 2.75) is 203 Å². The Morgan fingerprint density at radius 2 is 0.435 bits per heavy atom. The number of aliphatic hydroxyl groups is 2. The molecule has 0 aliphatic carbocycles. The summed E-state index contributed by atoms with van der Waals surface area (Å²) in [7, 11) is -5.17. The summed E-state index contributed by atoms with van der Waals surface area (Å²) >= 11 is 0. The van der Waals surface area contributed by atoms with Gasteiger partial charge in [-0.15, -0.1) is 0 Å². The van der Waals surface area contributed by atoms with E-state index >= 15 is 0 Å². The van der Waals surface area contributed by atoms with Crippen LogP contribution >= 0.6 is 0 Å². The summed E-state index contributed by atoms with van der Waals surface area (Å²) in [6.45, 7) is 48.7. The van der Waals surface area contributed by atoms with Crippen LogP contribution in [0, 0.1) is 82.4 Å². The molecule has 124 heavy (non-hydrogen) atoms. The first-order chi connectivity index (χ1) is 57.8. The number of aromatic nitrogens is 8. The fraction of sp³-hybridized carbons (Fsp3) is 0.287. The van der Waals surface area contributed by atoms with Gasteiger partial charge in [-0.25, -0.2) is 0 Å². The molecule has 0 spiro atoms. The fourth-order valence-corrected chi connectivity index (χ4v) is 16.0. The van der Waals surface area contributed by atoms with Crippen molar-refractivity contribution in [1.82, 2.24) is 29.9 Å². The van der Waals surface area contributed by atoms with E-state index in [9.17, 15) is 10.2 Å². The number of fused-ring (bicyclic) bond motifs is 21. The first-order valence-electron chi connectivity index (χ1n) is 41.7. The topological polar surface area (TPSA) is 268 Å². The van der Waals surface area contributed by atoms with Gasteiger partial charge in [0.25, 0.3) is 22.8 Å². The maximum Gasteiger partial charge on any atom is 0.256 e. The second-order valence-corrected chi connectivity index (χ2v) is 40.7. The number of nitriles is 1. The van der Waals surface area contributed by atoms with Gasteiger partial charge in [0.15, 0.2) is 0 Å². The highest BCUT2D eigenvalue weighted by molar-refractivity contribution is 7.79. The molecule has 0 atom stereocenters. The predicted octanol–water partition coefficient (Wildman–Crippen LogP) is 21.9. The van der Waals surface area contributed by atoms with Crippen LogP contribution in [-0.2, 0) is 42.9 Å². The van der Waals surface area contributed by atoms with Gasteiger partial charge in [-0.3, -0.25) is 8.42 Å². The van der Waals surface area contributed by atoms with E-state index in [0.29, 0.717) is 0 Å². The van der Waals surface area contributed by atoms with Gasteiger partial charge >= 0.3 is 0 Å². The zero-order valence-electron chi connectivity index (χ0n) is 74.7. The maximum absolute atomic E-state index is 10.7. The van der Waals surface area contributed by atoms with Crippen LogP contribution < -0.4 is 9.97 Å². The van der Waals surface area contributed by atoms with Crippen molar-refractivity contribution in [3.63, 3.8) is 0 Å². The molecule has 0 fully saturated rings. The molecule has 9 aromatic carbocycles. The summed E-state index contributed by atoms with van der Waals surface area (Å²) in [5.41, 5.74) is 24.0.